The van der Waals surface area contributed by atoms with E-state index in [0.29, 0.717) is 0 Å². The Hall–Kier alpha value is -1.62. The first kappa shape index (κ1) is 9.47. The average Bonchev–Trinajstić information content (AvgIpc) is 2.04. The maximum atomic E-state index is 10.4. The Labute approximate surface area is 77.7 Å². The van der Waals surface area contributed by atoms with Crippen LogP contribution in [-0.4, -0.2) is 21.2 Å². The van der Waals surface area contributed by atoms with E-state index in [2.05, 4.69) is 0 Å². The number of benzene rings is 1. The molecule has 0 saturated carbocycles. The van der Waals surface area contributed by atoms with Crippen LogP contribution in [0.1, 0.15) is 10.4 Å². The zero-order valence-electron chi connectivity index (χ0n) is 6.27. The van der Waals surface area contributed by atoms with Gasteiger partial charge in [0.1, 0.15) is 5.02 Å². The Bertz CT molecular complexity index is 377. The first-order valence-corrected chi connectivity index (χ1v) is 3.59. The van der Waals surface area contributed by atoms with Gasteiger partial charge in [0.25, 0.3) is 4.92 Å². The minimum atomic E-state index is -1.19. The zero-order chi connectivity index (χ0) is 10.0. The Kier molecular flexibility index (Phi) is 2.48. The third-order valence-electron chi connectivity index (χ3n) is 1.40. The van der Waals surface area contributed by atoms with E-state index in [4.69, 9.17) is 21.9 Å². The summed E-state index contributed by atoms with van der Waals surface area (Å²) in [7, 11) is 0. The number of hydrogen-bond donors (Lipinski definition) is 2. The van der Waals surface area contributed by atoms with Crippen LogP contribution in [0.15, 0.2) is 18.2 Å². The van der Waals surface area contributed by atoms with Crippen molar-refractivity contribution in [2.45, 2.75) is 0 Å². The minimum Gasteiger partial charge on any atom is -0.478 e. The van der Waals surface area contributed by atoms with Crippen molar-refractivity contribution >= 4 is 23.3 Å². The molecule has 0 unspecified atom stereocenters. The van der Waals surface area contributed by atoms with Gasteiger partial charge in [-0.05, 0) is 12.1 Å². The van der Waals surface area contributed by atoms with Crippen molar-refractivity contribution < 1.29 is 20.0 Å². The molecule has 1 aromatic rings. The molecule has 13 heavy (non-hydrogen) atoms. The molecular formula is C7H5ClNO4+. The van der Waals surface area contributed by atoms with Crippen molar-refractivity contribution in [3.63, 3.8) is 0 Å². The molecule has 0 aliphatic heterocycles. The van der Waals surface area contributed by atoms with Crippen LogP contribution in [0.5, 0.6) is 0 Å². The topological polar surface area (TPSA) is 77.6 Å². The van der Waals surface area contributed by atoms with Crippen LogP contribution in [0.25, 0.3) is 0 Å². The predicted molar refractivity (Wildman–Crippen MR) is 43.5 cm³/mol. The molecule has 1 aromatic carbocycles. The molecule has 0 aliphatic carbocycles. The van der Waals surface area contributed by atoms with Crippen LogP contribution >= 0.6 is 11.6 Å². The van der Waals surface area contributed by atoms with Gasteiger partial charge in [0.15, 0.2) is 0 Å². The molecule has 0 saturated heterocycles. The fourth-order valence-corrected chi connectivity index (χ4v) is 0.982. The molecule has 0 spiro atoms. The van der Waals surface area contributed by atoms with Gasteiger partial charge in [-0.3, -0.25) is 0 Å². The molecule has 2 N–H and O–H groups in total. The summed E-state index contributed by atoms with van der Waals surface area (Å²) in [5, 5.41) is 17.0. The largest absolute Gasteiger partial charge is 0.478 e. The molecule has 6 heteroatoms. The van der Waals surface area contributed by atoms with Gasteiger partial charge in [0.05, 0.1) is 10.5 Å². The van der Waals surface area contributed by atoms with Crippen molar-refractivity contribution in [3.05, 3.63) is 33.7 Å². The predicted octanol–water partition coefficient (Wildman–Crippen LogP) is 1.84. The number of rotatable bonds is 2. The Morgan fingerprint density at radius 3 is 2.54 bits per heavy atom. The highest BCUT2D eigenvalue weighted by atomic mass is 35.5. The fraction of sp³-hybridized carbons (Fsp3) is 0. The number of carboxylic acid groups (broad SMARTS) is 1. The third kappa shape index (κ3) is 1.94. The molecule has 5 nitrogen and oxygen atoms in total. The van der Waals surface area contributed by atoms with Crippen LogP contribution in [-0.2, 0) is 0 Å². The zero-order valence-corrected chi connectivity index (χ0v) is 7.02. The standard InChI is InChI=1S/C7H4ClNO4/c8-5-2-1-4(7(10)11)3-6(5)9(12)13/h1-3H,(H-,10,11,12,13)/p+1. The van der Waals surface area contributed by atoms with E-state index in [1.807, 2.05) is 0 Å². The molecule has 0 aliphatic rings. The van der Waals surface area contributed by atoms with Crippen LogP contribution in [0.3, 0.4) is 0 Å². The fourth-order valence-electron chi connectivity index (χ4n) is 0.792. The van der Waals surface area contributed by atoms with Gasteiger partial charge in [-0.2, -0.15) is 0 Å². The summed E-state index contributed by atoms with van der Waals surface area (Å²) in [6.45, 7) is 0. The lowest BCUT2D eigenvalue weighted by molar-refractivity contribution is -0.729. The first-order chi connectivity index (χ1) is 6.02. The lowest BCUT2D eigenvalue weighted by atomic mass is 10.2. The second-order valence-corrected chi connectivity index (χ2v) is 2.65. The number of hydrogen-bond acceptors (Lipinski definition) is 2. The van der Waals surface area contributed by atoms with E-state index < -0.39 is 10.9 Å². The molecule has 0 amide bonds. The molecule has 0 radical (unpaired) electrons. The molecule has 68 valence electrons. The Morgan fingerprint density at radius 1 is 1.46 bits per heavy atom. The van der Waals surface area contributed by atoms with Gasteiger partial charge in [-0.25, -0.2) is 10.0 Å². The first-order valence-electron chi connectivity index (χ1n) is 3.21. The third-order valence-corrected chi connectivity index (χ3v) is 1.72. The normalized spacial score (nSPS) is 9.62. The Morgan fingerprint density at radius 2 is 2.08 bits per heavy atom. The van der Waals surface area contributed by atoms with Crippen molar-refractivity contribution in [2.24, 2.45) is 0 Å². The second kappa shape index (κ2) is 3.40. The van der Waals surface area contributed by atoms with Crippen LogP contribution < -0.4 is 0 Å². The molecule has 0 heterocycles. The average molecular weight is 203 g/mol. The van der Waals surface area contributed by atoms with Crippen LogP contribution in [0.2, 0.25) is 5.02 Å². The highest BCUT2D eigenvalue weighted by Gasteiger charge is 2.19. The van der Waals surface area contributed by atoms with Crippen molar-refractivity contribution in [2.75, 3.05) is 0 Å². The maximum absolute atomic E-state index is 10.4. The van der Waals surface area contributed by atoms with Crippen molar-refractivity contribution in [1.29, 1.82) is 0 Å². The van der Waals surface area contributed by atoms with Gasteiger partial charge in [0.2, 0.25) is 0 Å². The number of halogens is 1. The number of carbonyl (C=O) groups is 1. The van der Waals surface area contributed by atoms with Crippen molar-refractivity contribution in [3.8, 4) is 0 Å². The summed E-state index contributed by atoms with van der Waals surface area (Å²) in [5.41, 5.74) is -0.407. The van der Waals surface area contributed by atoms with Crippen LogP contribution in [0, 0.1) is 4.91 Å². The highest BCUT2D eigenvalue weighted by Crippen LogP contribution is 2.24. The number of nitrogens with zero attached hydrogens (tertiary/aromatic N) is 1. The quantitative estimate of drug-likeness (QED) is 0.718. The molecular weight excluding hydrogens is 198 g/mol. The van der Waals surface area contributed by atoms with E-state index in [0.717, 1.165) is 6.07 Å². The lowest BCUT2D eigenvalue weighted by Gasteiger charge is -1.93. The van der Waals surface area contributed by atoms with E-state index in [1.165, 1.54) is 12.1 Å². The summed E-state index contributed by atoms with van der Waals surface area (Å²) in [6.07, 6.45) is 0. The SMILES string of the molecule is O=C(O)c1ccc(Cl)c([N+](=O)O)c1. The van der Waals surface area contributed by atoms with Gasteiger partial charge in [0, 0.05) is 6.07 Å². The second-order valence-electron chi connectivity index (χ2n) is 2.24. The summed E-state index contributed by atoms with van der Waals surface area (Å²) in [5.74, 6) is -1.19. The highest BCUT2D eigenvalue weighted by molar-refractivity contribution is 6.32. The summed E-state index contributed by atoms with van der Waals surface area (Å²) >= 11 is 5.50. The maximum Gasteiger partial charge on any atom is 0.335 e. The van der Waals surface area contributed by atoms with Crippen LogP contribution in [0.4, 0.5) is 5.69 Å². The Balaban J connectivity index is 3.27. The van der Waals surface area contributed by atoms with Gasteiger partial charge < -0.3 is 5.11 Å². The summed E-state index contributed by atoms with van der Waals surface area (Å²) < 4.78 is 0. The monoisotopic (exact) mass is 202 g/mol. The number of carboxylic acids is 1. The van der Waals surface area contributed by atoms with Gasteiger partial charge in [-0.1, -0.05) is 11.6 Å². The number of aromatic carboxylic acids is 1. The summed E-state index contributed by atoms with van der Waals surface area (Å²) in [4.78, 5) is 20.4. The van der Waals surface area contributed by atoms with E-state index in [-0.39, 0.29) is 16.3 Å². The lowest BCUT2D eigenvalue weighted by Crippen LogP contribution is -1.99. The van der Waals surface area contributed by atoms with E-state index >= 15 is 0 Å². The van der Waals surface area contributed by atoms with Gasteiger partial charge in [-0.15, -0.1) is 0 Å². The van der Waals surface area contributed by atoms with E-state index in [1.54, 1.807) is 0 Å². The molecule has 0 atom stereocenters. The molecule has 0 fully saturated rings. The van der Waals surface area contributed by atoms with Gasteiger partial charge >= 0.3 is 11.7 Å². The molecule has 1 rings (SSSR count). The van der Waals surface area contributed by atoms with E-state index in [9.17, 15) is 9.70 Å². The summed E-state index contributed by atoms with van der Waals surface area (Å²) in [6, 6.07) is 3.44. The van der Waals surface area contributed by atoms with Crippen molar-refractivity contribution in [1.82, 2.24) is 0 Å². The molecule has 0 aromatic heterocycles. The molecule has 0 bridgehead atoms. The minimum absolute atomic E-state index is 0.0116. The smallest absolute Gasteiger partial charge is 0.335 e.